The molecule has 4 rings (SSSR count). The second-order valence-electron chi connectivity index (χ2n) is 7.64. The number of benzene rings is 2. The zero-order valence-corrected chi connectivity index (χ0v) is 19.7. The van der Waals surface area contributed by atoms with Crippen LogP contribution in [0.3, 0.4) is 0 Å². The lowest BCUT2D eigenvalue weighted by atomic mass is 9.86. The van der Waals surface area contributed by atoms with Crippen molar-refractivity contribution in [1.82, 2.24) is 9.97 Å². The molecule has 0 saturated carbocycles. The average Bonchev–Trinajstić information content (AvgIpc) is 2.80. The predicted molar refractivity (Wildman–Crippen MR) is 127 cm³/mol. The molecule has 172 valence electrons. The number of aryl methyl sites for hydroxylation is 1. The lowest BCUT2D eigenvalue weighted by Crippen LogP contribution is -2.31. The number of carbonyl (C=O) groups is 1. The third-order valence-corrected chi connectivity index (χ3v) is 6.44. The third-order valence-electron chi connectivity index (χ3n) is 5.50. The molecule has 0 fully saturated rings. The molecule has 1 atom stereocenters. The number of thioether (sulfide) groups is 1. The number of rotatable bonds is 7. The molecule has 2 aromatic carbocycles. The molecule has 2 heterocycles. The van der Waals surface area contributed by atoms with Gasteiger partial charge in [0.2, 0.25) is 11.7 Å². The summed E-state index contributed by atoms with van der Waals surface area (Å²) in [7, 11) is 4.56. The standard InChI is InChI=1S/C24H25N3O5S/c1-13-6-5-7-14(10-13)12-33-24-26-22-19(23(29)27-24)16(11-18(28)25-22)15-8-9-17(30-2)21(32-4)20(15)31-3/h5-10,16H,11-12H2,1-4H3,(H2,25,26,27,28,29)/t16-/m0/s1. The summed E-state index contributed by atoms with van der Waals surface area (Å²) < 4.78 is 16.4. The smallest absolute Gasteiger partial charge is 0.257 e. The van der Waals surface area contributed by atoms with Crippen molar-refractivity contribution >= 4 is 23.5 Å². The summed E-state index contributed by atoms with van der Waals surface area (Å²) in [6.45, 7) is 2.03. The van der Waals surface area contributed by atoms with Gasteiger partial charge in [-0.25, -0.2) is 4.98 Å². The van der Waals surface area contributed by atoms with Crippen molar-refractivity contribution in [3.63, 3.8) is 0 Å². The van der Waals surface area contributed by atoms with Gasteiger partial charge in [0, 0.05) is 23.7 Å². The van der Waals surface area contributed by atoms with Gasteiger partial charge in [-0.15, -0.1) is 0 Å². The molecule has 0 radical (unpaired) electrons. The van der Waals surface area contributed by atoms with Crippen LogP contribution in [0.25, 0.3) is 0 Å². The molecule has 0 saturated heterocycles. The number of methoxy groups -OCH3 is 3. The summed E-state index contributed by atoms with van der Waals surface area (Å²) in [6.07, 6.45) is 0.0827. The molecule has 33 heavy (non-hydrogen) atoms. The van der Waals surface area contributed by atoms with Crippen LogP contribution in [0.1, 0.15) is 34.6 Å². The number of nitrogens with one attached hydrogen (secondary N) is 2. The van der Waals surface area contributed by atoms with Gasteiger partial charge < -0.3 is 24.5 Å². The van der Waals surface area contributed by atoms with Gasteiger partial charge in [-0.1, -0.05) is 47.7 Å². The number of anilines is 1. The summed E-state index contributed by atoms with van der Waals surface area (Å²) in [6, 6.07) is 11.7. The molecule has 0 bridgehead atoms. The molecule has 9 heteroatoms. The van der Waals surface area contributed by atoms with Crippen molar-refractivity contribution in [1.29, 1.82) is 0 Å². The molecule has 1 aliphatic rings. The summed E-state index contributed by atoms with van der Waals surface area (Å²) in [4.78, 5) is 33.1. The highest BCUT2D eigenvalue weighted by Crippen LogP contribution is 2.46. The fraction of sp³-hybridized carbons (Fsp3) is 0.292. The van der Waals surface area contributed by atoms with Crippen molar-refractivity contribution in [2.24, 2.45) is 0 Å². The van der Waals surface area contributed by atoms with E-state index < -0.39 is 5.92 Å². The monoisotopic (exact) mass is 467 g/mol. The maximum absolute atomic E-state index is 13.2. The number of fused-ring (bicyclic) bond motifs is 1. The van der Waals surface area contributed by atoms with E-state index in [9.17, 15) is 9.59 Å². The number of aromatic amines is 1. The van der Waals surface area contributed by atoms with Crippen LogP contribution < -0.4 is 25.1 Å². The largest absolute Gasteiger partial charge is 0.493 e. The molecular formula is C24H25N3O5S. The second-order valence-corrected chi connectivity index (χ2v) is 8.60. The van der Waals surface area contributed by atoms with Crippen LogP contribution in [0.5, 0.6) is 17.2 Å². The van der Waals surface area contributed by atoms with E-state index in [0.717, 1.165) is 5.56 Å². The Bertz CT molecular complexity index is 1260. The van der Waals surface area contributed by atoms with Crippen LogP contribution in [0.4, 0.5) is 5.82 Å². The molecule has 0 unspecified atom stereocenters. The number of nitrogens with zero attached hydrogens (tertiary/aromatic N) is 1. The molecule has 1 aromatic heterocycles. The highest BCUT2D eigenvalue weighted by molar-refractivity contribution is 7.98. The molecule has 3 aromatic rings. The molecule has 8 nitrogen and oxygen atoms in total. The van der Waals surface area contributed by atoms with E-state index in [1.54, 1.807) is 12.1 Å². The number of aromatic nitrogens is 2. The number of amides is 1. The Morgan fingerprint density at radius 1 is 1.06 bits per heavy atom. The maximum Gasteiger partial charge on any atom is 0.257 e. The molecule has 2 N–H and O–H groups in total. The van der Waals surface area contributed by atoms with Gasteiger partial charge in [0.15, 0.2) is 16.7 Å². The Morgan fingerprint density at radius 2 is 1.85 bits per heavy atom. The summed E-state index contributed by atoms with van der Waals surface area (Å²) in [5.41, 5.74) is 3.03. The van der Waals surface area contributed by atoms with Gasteiger partial charge >= 0.3 is 0 Å². The summed E-state index contributed by atoms with van der Waals surface area (Å²) in [5.74, 6) is 1.45. The predicted octanol–water partition coefficient (Wildman–Crippen LogP) is 3.87. The highest BCUT2D eigenvalue weighted by Gasteiger charge is 2.34. The summed E-state index contributed by atoms with van der Waals surface area (Å²) >= 11 is 1.41. The number of hydrogen-bond donors (Lipinski definition) is 2. The molecule has 1 aliphatic heterocycles. The van der Waals surface area contributed by atoms with Crippen LogP contribution in [-0.2, 0) is 10.5 Å². The number of carbonyl (C=O) groups excluding carboxylic acids is 1. The van der Waals surface area contributed by atoms with E-state index in [2.05, 4.69) is 21.4 Å². The van der Waals surface area contributed by atoms with E-state index in [1.165, 1.54) is 38.7 Å². The van der Waals surface area contributed by atoms with Gasteiger partial charge in [0.1, 0.15) is 5.82 Å². The molecular weight excluding hydrogens is 442 g/mol. The van der Waals surface area contributed by atoms with Crippen LogP contribution in [0.2, 0.25) is 0 Å². The number of H-pyrrole nitrogens is 1. The zero-order chi connectivity index (χ0) is 23.5. The van der Waals surface area contributed by atoms with E-state index in [4.69, 9.17) is 14.2 Å². The van der Waals surface area contributed by atoms with Crippen LogP contribution in [-0.4, -0.2) is 37.2 Å². The maximum atomic E-state index is 13.2. The quantitative estimate of drug-likeness (QED) is 0.402. The Labute approximate surface area is 195 Å². The van der Waals surface area contributed by atoms with Crippen molar-refractivity contribution in [3.05, 3.63) is 69.0 Å². The Morgan fingerprint density at radius 3 is 2.55 bits per heavy atom. The van der Waals surface area contributed by atoms with E-state index in [0.29, 0.717) is 39.3 Å². The number of hydrogen-bond acceptors (Lipinski definition) is 7. The first kappa shape index (κ1) is 22.7. The van der Waals surface area contributed by atoms with E-state index in [1.807, 2.05) is 25.1 Å². The first-order valence-corrected chi connectivity index (χ1v) is 11.3. The molecule has 1 amide bonds. The Kier molecular flexibility index (Phi) is 6.60. The number of ether oxygens (including phenoxy) is 3. The second kappa shape index (κ2) is 9.58. The Balaban J connectivity index is 1.73. The van der Waals surface area contributed by atoms with Gasteiger partial charge in [-0.3, -0.25) is 9.59 Å². The summed E-state index contributed by atoms with van der Waals surface area (Å²) in [5, 5.41) is 3.20. The minimum absolute atomic E-state index is 0.0827. The minimum Gasteiger partial charge on any atom is -0.493 e. The first-order valence-electron chi connectivity index (χ1n) is 10.4. The van der Waals surface area contributed by atoms with Crippen molar-refractivity contribution < 1.29 is 19.0 Å². The van der Waals surface area contributed by atoms with Crippen LogP contribution in [0, 0.1) is 6.92 Å². The minimum atomic E-state index is -0.546. The normalized spacial score (nSPS) is 14.9. The van der Waals surface area contributed by atoms with E-state index in [-0.39, 0.29) is 23.7 Å². The third kappa shape index (κ3) is 4.54. The van der Waals surface area contributed by atoms with Gasteiger partial charge in [-0.05, 0) is 18.6 Å². The van der Waals surface area contributed by atoms with Gasteiger partial charge in [-0.2, -0.15) is 0 Å². The van der Waals surface area contributed by atoms with Gasteiger partial charge in [0.25, 0.3) is 5.56 Å². The Hall–Kier alpha value is -3.46. The fourth-order valence-corrected chi connectivity index (χ4v) is 4.84. The highest BCUT2D eigenvalue weighted by atomic mass is 32.2. The van der Waals surface area contributed by atoms with Gasteiger partial charge in [0.05, 0.1) is 26.9 Å². The van der Waals surface area contributed by atoms with Crippen LogP contribution in [0.15, 0.2) is 46.3 Å². The van der Waals surface area contributed by atoms with Crippen LogP contribution >= 0.6 is 11.8 Å². The topological polar surface area (TPSA) is 103 Å². The van der Waals surface area contributed by atoms with Crippen molar-refractivity contribution in [2.45, 2.75) is 30.2 Å². The fourth-order valence-electron chi connectivity index (χ4n) is 4.04. The molecule has 0 aliphatic carbocycles. The lowest BCUT2D eigenvalue weighted by molar-refractivity contribution is -0.116. The lowest BCUT2D eigenvalue weighted by Gasteiger charge is -2.26. The zero-order valence-electron chi connectivity index (χ0n) is 18.9. The molecule has 0 spiro atoms. The van der Waals surface area contributed by atoms with E-state index >= 15 is 0 Å². The van der Waals surface area contributed by atoms with Crippen molar-refractivity contribution in [2.75, 3.05) is 26.6 Å². The average molecular weight is 468 g/mol. The SMILES string of the molecule is COc1ccc([C@@H]2CC(=O)Nc3nc(SCc4cccc(C)c4)[nH]c(=O)c32)c(OC)c1OC. The van der Waals surface area contributed by atoms with Crippen molar-refractivity contribution in [3.8, 4) is 17.2 Å². The first-order chi connectivity index (χ1) is 15.9.